The fraction of sp³-hybridized carbons (Fsp3) is 0.417. The number of nitro groups is 1. The van der Waals surface area contributed by atoms with Crippen LogP contribution < -0.4 is 5.32 Å². The van der Waals surface area contributed by atoms with Gasteiger partial charge in [0, 0.05) is 23.4 Å². The summed E-state index contributed by atoms with van der Waals surface area (Å²) in [6, 6.07) is 4.38. The maximum atomic E-state index is 10.8. The van der Waals surface area contributed by atoms with Gasteiger partial charge in [0.25, 0.3) is 5.69 Å². The molecule has 2 atom stereocenters. The topological polar surface area (TPSA) is 92.5 Å². The average Bonchev–Trinajstić information content (AvgIpc) is 2.30. The number of nitrogens with zero attached hydrogens (tertiary/aromatic N) is 1. The quantitative estimate of drug-likeness (QED) is 0.620. The van der Waals surface area contributed by atoms with Gasteiger partial charge in [-0.2, -0.15) is 0 Å². The predicted molar refractivity (Wildman–Crippen MR) is 67.7 cm³/mol. The molecule has 0 saturated heterocycles. The van der Waals surface area contributed by atoms with Crippen molar-refractivity contribution in [2.24, 2.45) is 5.92 Å². The van der Waals surface area contributed by atoms with Crippen LogP contribution in [0.3, 0.4) is 0 Å². The fourth-order valence-electron chi connectivity index (χ4n) is 1.56. The van der Waals surface area contributed by atoms with Crippen LogP contribution in [0.1, 0.15) is 19.4 Å². The number of nitrogens with one attached hydrogen (secondary N) is 1. The zero-order valence-electron chi connectivity index (χ0n) is 10.5. The van der Waals surface area contributed by atoms with E-state index in [1.165, 1.54) is 6.07 Å². The van der Waals surface area contributed by atoms with Crippen LogP contribution in [0.2, 0.25) is 0 Å². The average molecular weight is 252 g/mol. The van der Waals surface area contributed by atoms with Gasteiger partial charge in [-0.3, -0.25) is 14.9 Å². The standard InChI is InChI=1S/C12H16N2O4/c1-7(12(15)16)9(3)13-10-5-4-6-11(8(10)2)14(17)18/h4-7,9,13H,1-3H3,(H,15,16). The second kappa shape index (κ2) is 5.48. The van der Waals surface area contributed by atoms with Gasteiger partial charge in [0.1, 0.15) is 0 Å². The third kappa shape index (κ3) is 2.97. The number of carboxylic acids is 1. The van der Waals surface area contributed by atoms with E-state index < -0.39 is 16.8 Å². The van der Waals surface area contributed by atoms with Gasteiger partial charge in [-0.1, -0.05) is 6.07 Å². The Hall–Kier alpha value is -2.11. The molecule has 0 aliphatic heterocycles. The van der Waals surface area contributed by atoms with E-state index in [2.05, 4.69) is 5.32 Å². The molecule has 0 heterocycles. The zero-order valence-corrected chi connectivity index (χ0v) is 10.5. The molecule has 18 heavy (non-hydrogen) atoms. The van der Waals surface area contributed by atoms with E-state index in [9.17, 15) is 14.9 Å². The molecule has 0 aliphatic carbocycles. The number of hydrogen-bond donors (Lipinski definition) is 2. The van der Waals surface area contributed by atoms with Gasteiger partial charge < -0.3 is 10.4 Å². The lowest BCUT2D eigenvalue weighted by molar-refractivity contribution is -0.385. The van der Waals surface area contributed by atoms with E-state index in [0.29, 0.717) is 11.3 Å². The number of nitro benzene ring substituents is 1. The molecule has 1 aromatic carbocycles. The van der Waals surface area contributed by atoms with Crippen LogP contribution in [0.5, 0.6) is 0 Å². The molecule has 0 spiro atoms. The largest absolute Gasteiger partial charge is 0.481 e. The number of hydrogen-bond acceptors (Lipinski definition) is 4. The van der Waals surface area contributed by atoms with Gasteiger partial charge in [0.15, 0.2) is 0 Å². The Morgan fingerprint density at radius 3 is 2.56 bits per heavy atom. The van der Waals surface area contributed by atoms with Gasteiger partial charge in [-0.15, -0.1) is 0 Å². The molecule has 0 fully saturated rings. The van der Waals surface area contributed by atoms with E-state index in [0.717, 1.165) is 0 Å². The summed E-state index contributed by atoms with van der Waals surface area (Å²) < 4.78 is 0. The van der Waals surface area contributed by atoms with E-state index >= 15 is 0 Å². The summed E-state index contributed by atoms with van der Waals surface area (Å²) in [5.41, 5.74) is 1.12. The first-order chi connectivity index (χ1) is 8.34. The minimum atomic E-state index is -0.905. The van der Waals surface area contributed by atoms with Crippen LogP contribution >= 0.6 is 0 Å². The van der Waals surface area contributed by atoms with Crippen molar-refractivity contribution in [2.75, 3.05) is 5.32 Å². The first-order valence-corrected chi connectivity index (χ1v) is 5.58. The Labute approximate surface area is 105 Å². The summed E-state index contributed by atoms with van der Waals surface area (Å²) in [4.78, 5) is 21.2. The maximum absolute atomic E-state index is 10.8. The minimum absolute atomic E-state index is 0.0233. The number of benzene rings is 1. The van der Waals surface area contributed by atoms with Gasteiger partial charge in [0.2, 0.25) is 0 Å². The van der Waals surface area contributed by atoms with Crippen LogP contribution in [0.25, 0.3) is 0 Å². The predicted octanol–water partition coefficient (Wildman–Crippen LogP) is 2.42. The Kier molecular flexibility index (Phi) is 4.25. The highest BCUT2D eigenvalue weighted by atomic mass is 16.6. The number of carboxylic acid groups (broad SMARTS) is 1. The summed E-state index contributed by atoms with van der Waals surface area (Å²) in [5.74, 6) is -1.48. The molecule has 6 nitrogen and oxygen atoms in total. The summed E-state index contributed by atoms with van der Waals surface area (Å²) in [7, 11) is 0. The Bertz CT molecular complexity index is 473. The van der Waals surface area contributed by atoms with Crippen molar-refractivity contribution in [2.45, 2.75) is 26.8 Å². The molecule has 0 aromatic heterocycles. The second-order valence-electron chi connectivity index (χ2n) is 4.27. The molecule has 0 radical (unpaired) electrons. The first-order valence-electron chi connectivity index (χ1n) is 5.58. The van der Waals surface area contributed by atoms with E-state index in [-0.39, 0.29) is 11.7 Å². The smallest absolute Gasteiger partial charge is 0.308 e. The highest BCUT2D eigenvalue weighted by Gasteiger charge is 2.21. The first kappa shape index (κ1) is 14.0. The molecule has 6 heteroatoms. The van der Waals surface area contributed by atoms with E-state index in [1.54, 1.807) is 32.9 Å². The normalized spacial score (nSPS) is 13.7. The van der Waals surface area contributed by atoms with Crippen molar-refractivity contribution in [3.05, 3.63) is 33.9 Å². The SMILES string of the molecule is Cc1c(NC(C)C(C)C(=O)O)cccc1[N+](=O)[O-]. The van der Waals surface area contributed by atoms with Crippen molar-refractivity contribution in [3.8, 4) is 0 Å². The molecule has 98 valence electrons. The molecular weight excluding hydrogens is 236 g/mol. The fourth-order valence-corrected chi connectivity index (χ4v) is 1.56. The molecule has 0 aliphatic rings. The lowest BCUT2D eigenvalue weighted by Gasteiger charge is -2.20. The van der Waals surface area contributed by atoms with Crippen molar-refractivity contribution in [3.63, 3.8) is 0 Å². The lowest BCUT2D eigenvalue weighted by Crippen LogP contribution is -2.30. The minimum Gasteiger partial charge on any atom is -0.481 e. The van der Waals surface area contributed by atoms with E-state index in [1.807, 2.05) is 0 Å². The third-order valence-electron chi connectivity index (χ3n) is 3.02. The molecular formula is C12H16N2O4. The van der Waals surface area contributed by atoms with Crippen molar-refractivity contribution in [1.29, 1.82) is 0 Å². The zero-order chi connectivity index (χ0) is 13.9. The molecule has 1 aromatic rings. The highest BCUT2D eigenvalue weighted by Crippen LogP contribution is 2.26. The van der Waals surface area contributed by atoms with Crippen LogP contribution in [0.4, 0.5) is 11.4 Å². The molecule has 2 unspecified atom stereocenters. The summed E-state index contributed by atoms with van der Waals surface area (Å²) in [6.07, 6.45) is 0. The highest BCUT2D eigenvalue weighted by molar-refractivity contribution is 5.71. The van der Waals surface area contributed by atoms with Crippen molar-refractivity contribution in [1.82, 2.24) is 0 Å². The summed E-state index contributed by atoms with van der Waals surface area (Å²) in [6.45, 7) is 4.96. The Morgan fingerprint density at radius 1 is 1.44 bits per heavy atom. The lowest BCUT2D eigenvalue weighted by atomic mass is 10.0. The summed E-state index contributed by atoms with van der Waals surface area (Å²) in [5, 5.41) is 22.7. The Morgan fingerprint density at radius 2 is 2.06 bits per heavy atom. The molecule has 0 amide bonds. The number of rotatable bonds is 5. The molecule has 0 saturated carbocycles. The van der Waals surface area contributed by atoms with Crippen LogP contribution in [0, 0.1) is 23.0 Å². The van der Waals surface area contributed by atoms with Gasteiger partial charge in [-0.05, 0) is 26.8 Å². The summed E-state index contributed by atoms with van der Waals surface area (Å²) >= 11 is 0. The van der Waals surface area contributed by atoms with Crippen LogP contribution in [-0.2, 0) is 4.79 Å². The molecule has 1 rings (SSSR count). The van der Waals surface area contributed by atoms with Crippen molar-refractivity contribution < 1.29 is 14.8 Å². The maximum Gasteiger partial charge on any atom is 0.308 e. The number of carbonyl (C=O) groups is 1. The van der Waals surface area contributed by atoms with Gasteiger partial charge >= 0.3 is 5.97 Å². The van der Waals surface area contributed by atoms with Crippen LogP contribution in [0.15, 0.2) is 18.2 Å². The van der Waals surface area contributed by atoms with Gasteiger partial charge in [0.05, 0.1) is 10.8 Å². The second-order valence-corrected chi connectivity index (χ2v) is 4.27. The van der Waals surface area contributed by atoms with Crippen LogP contribution in [-0.4, -0.2) is 22.0 Å². The van der Waals surface area contributed by atoms with Crippen molar-refractivity contribution >= 4 is 17.3 Å². The van der Waals surface area contributed by atoms with E-state index in [4.69, 9.17) is 5.11 Å². The monoisotopic (exact) mass is 252 g/mol. The molecule has 2 N–H and O–H groups in total. The Balaban J connectivity index is 2.95. The van der Waals surface area contributed by atoms with Gasteiger partial charge in [-0.25, -0.2) is 0 Å². The number of anilines is 1. The molecule has 0 bridgehead atoms. The number of aliphatic carboxylic acids is 1. The third-order valence-corrected chi connectivity index (χ3v) is 3.02.